The predicted octanol–water partition coefficient (Wildman–Crippen LogP) is 4.46. The van der Waals surface area contributed by atoms with Crippen molar-refractivity contribution in [3.05, 3.63) is 75.2 Å². The van der Waals surface area contributed by atoms with Crippen LogP contribution in [-0.4, -0.2) is 18.5 Å². The van der Waals surface area contributed by atoms with Gasteiger partial charge in [-0.2, -0.15) is 0 Å². The molecule has 2 aromatic carbocycles. The van der Waals surface area contributed by atoms with Gasteiger partial charge in [-0.15, -0.1) is 0 Å². The molecule has 0 saturated heterocycles. The van der Waals surface area contributed by atoms with E-state index in [1.54, 1.807) is 18.2 Å². The number of anilines is 1. The fraction of sp³-hybridized carbons (Fsp3) is 0.158. The van der Waals surface area contributed by atoms with Crippen molar-refractivity contribution in [1.82, 2.24) is 0 Å². The first-order valence-corrected chi connectivity index (χ1v) is 8.65. The Labute approximate surface area is 158 Å². The van der Waals surface area contributed by atoms with Gasteiger partial charge in [-0.3, -0.25) is 9.69 Å². The number of halogens is 3. The van der Waals surface area contributed by atoms with Crippen molar-refractivity contribution in [3.63, 3.8) is 0 Å². The molecule has 1 unspecified atom stereocenters. The number of cyclic esters (lactones) is 1. The summed E-state index contributed by atoms with van der Waals surface area (Å²) >= 11 is 12.2. The molecule has 0 saturated carbocycles. The molecule has 0 bridgehead atoms. The van der Waals surface area contributed by atoms with E-state index in [1.165, 1.54) is 29.2 Å². The predicted molar refractivity (Wildman–Crippen MR) is 95.7 cm³/mol. The average molecular weight is 392 g/mol. The van der Waals surface area contributed by atoms with Crippen LogP contribution in [0, 0.1) is 5.82 Å². The molecule has 4 rings (SSSR count). The van der Waals surface area contributed by atoms with Crippen molar-refractivity contribution in [1.29, 1.82) is 0 Å². The van der Waals surface area contributed by atoms with Crippen LogP contribution >= 0.6 is 23.2 Å². The Morgan fingerprint density at radius 2 is 1.81 bits per heavy atom. The zero-order valence-electron chi connectivity index (χ0n) is 13.3. The molecule has 2 aliphatic heterocycles. The van der Waals surface area contributed by atoms with E-state index in [9.17, 15) is 14.0 Å². The van der Waals surface area contributed by atoms with Gasteiger partial charge in [0.1, 0.15) is 12.4 Å². The Balaban J connectivity index is 1.84. The van der Waals surface area contributed by atoms with E-state index < -0.39 is 17.7 Å². The standard InChI is InChI=1S/C19H12Cl2FNO3/c20-10-1-6-13(15(21)7-10)14-8-17(24)23(12-4-2-11(22)3-5-12)16-9-26-19(25)18(14)16/h1-7,14H,8-9H2. The molecule has 1 amide bonds. The zero-order chi connectivity index (χ0) is 18.4. The molecule has 0 aliphatic carbocycles. The largest absolute Gasteiger partial charge is 0.456 e. The molecular formula is C19H12Cl2FNO3. The Morgan fingerprint density at radius 3 is 2.50 bits per heavy atom. The molecule has 132 valence electrons. The van der Waals surface area contributed by atoms with E-state index in [-0.39, 0.29) is 18.9 Å². The highest BCUT2D eigenvalue weighted by molar-refractivity contribution is 6.35. The third kappa shape index (κ3) is 2.77. The maximum absolute atomic E-state index is 13.2. The lowest BCUT2D eigenvalue weighted by molar-refractivity contribution is -0.136. The van der Waals surface area contributed by atoms with Crippen LogP contribution in [0.3, 0.4) is 0 Å². The molecule has 2 aromatic rings. The third-order valence-electron chi connectivity index (χ3n) is 4.54. The number of carbonyl (C=O) groups is 2. The van der Waals surface area contributed by atoms with E-state index in [1.807, 2.05) is 0 Å². The van der Waals surface area contributed by atoms with Gasteiger partial charge in [0.25, 0.3) is 0 Å². The van der Waals surface area contributed by atoms with Gasteiger partial charge in [0.2, 0.25) is 5.91 Å². The van der Waals surface area contributed by atoms with Crippen LogP contribution in [0.25, 0.3) is 0 Å². The molecule has 2 aliphatic rings. The van der Waals surface area contributed by atoms with Gasteiger partial charge in [-0.05, 0) is 42.0 Å². The van der Waals surface area contributed by atoms with Gasteiger partial charge >= 0.3 is 5.97 Å². The topological polar surface area (TPSA) is 46.6 Å². The van der Waals surface area contributed by atoms with Crippen LogP contribution in [0.2, 0.25) is 10.0 Å². The first-order chi connectivity index (χ1) is 12.5. The number of carbonyl (C=O) groups excluding carboxylic acids is 2. The second kappa shape index (κ2) is 6.41. The van der Waals surface area contributed by atoms with Crippen LogP contribution in [-0.2, 0) is 14.3 Å². The third-order valence-corrected chi connectivity index (χ3v) is 5.10. The molecule has 4 nitrogen and oxygen atoms in total. The normalized spacial score (nSPS) is 19.7. The molecule has 1 atom stereocenters. The van der Waals surface area contributed by atoms with Crippen LogP contribution in [0.4, 0.5) is 10.1 Å². The Morgan fingerprint density at radius 1 is 1.08 bits per heavy atom. The first-order valence-electron chi connectivity index (χ1n) is 7.89. The molecule has 0 radical (unpaired) electrons. The number of benzene rings is 2. The second-order valence-electron chi connectivity index (χ2n) is 6.06. The van der Waals surface area contributed by atoms with Crippen LogP contribution in [0.1, 0.15) is 17.9 Å². The summed E-state index contributed by atoms with van der Waals surface area (Å²) in [5.74, 6) is -1.61. The lowest BCUT2D eigenvalue weighted by Gasteiger charge is -2.32. The number of ether oxygens (including phenoxy) is 1. The van der Waals surface area contributed by atoms with Crippen molar-refractivity contribution < 1.29 is 18.7 Å². The molecular weight excluding hydrogens is 380 g/mol. The van der Waals surface area contributed by atoms with Crippen molar-refractivity contribution in [2.24, 2.45) is 0 Å². The second-order valence-corrected chi connectivity index (χ2v) is 6.91. The smallest absolute Gasteiger partial charge is 0.336 e. The quantitative estimate of drug-likeness (QED) is 0.709. The van der Waals surface area contributed by atoms with E-state index in [0.29, 0.717) is 32.6 Å². The Kier molecular flexibility index (Phi) is 4.21. The first kappa shape index (κ1) is 17.1. The molecule has 0 spiro atoms. The lowest BCUT2D eigenvalue weighted by atomic mass is 9.84. The molecule has 26 heavy (non-hydrogen) atoms. The number of esters is 1. The zero-order valence-corrected chi connectivity index (χ0v) is 14.9. The van der Waals surface area contributed by atoms with Gasteiger partial charge in [-0.25, -0.2) is 9.18 Å². The van der Waals surface area contributed by atoms with Gasteiger partial charge in [0, 0.05) is 28.1 Å². The molecule has 7 heteroatoms. The van der Waals surface area contributed by atoms with Crippen molar-refractivity contribution in [2.45, 2.75) is 12.3 Å². The highest BCUT2D eigenvalue weighted by Gasteiger charge is 2.43. The molecule has 0 N–H and O–H groups in total. The van der Waals surface area contributed by atoms with Gasteiger partial charge < -0.3 is 4.74 Å². The number of nitrogens with zero attached hydrogens (tertiary/aromatic N) is 1. The van der Waals surface area contributed by atoms with Gasteiger partial charge in [0.05, 0.1) is 11.3 Å². The number of amides is 1. The summed E-state index contributed by atoms with van der Waals surface area (Å²) in [6.07, 6.45) is 0.0483. The van der Waals surface area contributed by atoms with Crippen LogP contribution in [0.5, 0.6) is 0 Å². The fourth-order valence-electron chi connectivity index (χ4n) is 3.39. The van der Waals surface area contributed by atoms with Crippen molar-refractivity contribution in [3.8, 4) is 0 Å². The van der Waals surface area contributed by atoms with E-state index in [4.69, 9.17) is 27.9 Å². The average Bonchev–Trinajstić information content (AvgIpc) is 2.97. The maximum Gasteiger partial charge on any atom is 0.336 e. The van der Waals surface area contributed by atoms with Gasteiger partial charge in [0.15, 0.2) is 0 Å². The summed E-state index contributed by atoms with van der Waals surface area (Å²) in [6.45, 7) is -0.0149. The summed E-state index contributed by atoms with van der Waals surface area (Å²) in [7, 11) is 0. The highest BCUT2D eigenvalue weighted by Crippen LogP contribution is 2.44. The summed E-state index contributed by atoms with van der Waals surface area (Å²) in [4.78, 5) is 26.6. The number of hydrogen-bond acceptors (Lipinski definition) is 3. The van der Waals surface area contributed by atoms with Crippen LogP contribution < -0.4 is 4.90 Å². The van der Waals surface area contributed by atoms with E-state index in [2.05, 4.69) is 0 Å². The van der Waals surface area contributed by atoms with Crippen LogP contribution in [0.15, 0.2) is 53.7 Å². The molecule has 2 heterocycles. The molecule has 0 fully saturated rings. The van der Waals surface area contributed by atoms with Crippen molar-refractivity contribution in [2.75, 3.05) is 11.5 Å². The number of hydrogen-bond donors (Lipinski definition) is 0. The summed E-state index contributed by atoms with van der Waals surface area (Å²) in [5.41, 5.74) is 2.00. The maximum atomic E-state index is 13.2. The fourth-order valence-corrected chi connectivity index (χ4v) is 3.93. The summed E-state index contributed by atoms with van der Waals surface area (Å²) in [5, 5.41) is 0.856. The lowest BCUT2D eigenvalue weighted by Crippen LogP contribution is -2.37. The van der Waals surface area contributed by atoms with E-state index >= 15 is 0 Å². The minimum atomic E-state index is -0.506. The Bertz CT molecular complexity index is 956. The highest BCUT2D eigenvalue weighted by atomic mass is 35.5. The monoisotopic (exact) mass is 391 g/mol. The minimum absolute atomic E-state index is 0.0149. The van der Waals surface area contributed by atoms with Crippen molar-refractivity contribution >= 4 is 40.8 Å². The number of rotatable bonds is 2. The van der Waals surface area contributed by atoms with E-state index in [0.717, 1.165) is 0 Å². The van der Waals surface area contributed by atoms with Gasteiger partial charge in [-0.1, -0.05) is 29.3 Å². The Hall–Kier alpha value is -2.37. The SMILES string of the molecule is O=C1OCC2=C1C(c1ccc(Cl)cc1Cl)CC(=O)N2c1ccc(F)cc1. The minimum Gasteiger partial charge on any atom is -0.456 e. The summed E-state index contributed by atoms with van der Waals surface area (Å²) < 4.78 is 18.4. The molecule has 0 aromatic heterocycles. The summed E-state index contributed by atoms with van der Waals surface area (Å²) in [6, 6.07) is 10.5.